The molecular formula is C13H13N3O. The third-order valence-corrected chi connectivity index (χ3v) is 3.37. The predicted octanol–water partition coefficient (Wildman–Crippen LogP) is 1.24. The van der Waals surface area contributed by atoms with Crippen molar-refractivity contribution in [1.82, 2.24) is 9.97 Å². The van der Waals surface area contributed by atoms with Crippen molar-refractivity contribution in [2.45, 2.75) is 18.4 Å². The third-order valence-electron chi connectivity index (χ3n) is 3.37. The molecule has 1 aliphatic carbocycles. The average molecular weight is 227 g/mol. The summed E-state index contributed by atoms with van der Waals surface area (Å²) >= 11 is 0. The molecule has 0 fully saturated rings. The molecule has 0 radical (unpaired) electrons. The molecule has 4 heteroatoms. The topological polar surface area (TPSA) is 72.0 Å². The van der Waals surface area contributed by atoms with Crippen molar-refractivity contribution < 1.29 is 5.11 Å². The van der Waals surface area contributed by atoms with Gasteiger partial charge in [-0.15, -0.1) is 0 Å². The Balaban J connectivity index is 2.14. The summed E-state index contributed by atoms with van der Waals surface area (Å²) in [5.74, 6) is 0. The molecule has 1 aromatic carbocycles. The van der Waals surface area contributed by atoms with Crippen molar-refractivity contribution in [3.8, 4) is 0 Å². The first kappa shape index (κ1) is 10.2. The molecule has 3 rings (SSSR count). The van der Waals surface area contributed by atoms with Gasteiger partial charge in [-0.3, -0.25) is 0 Å². The van der Waals surface area contributed by atoms with Gasteiger partial charge in [0.2, 0.25) is 0 Å². The van der Waals surface area contributed by atoms with Crippen LogP contribution in [-0.2, 0) is 12.0 Å². The van der Waals surface area contributed by atoms with E-state index in [4.69, 9.17) is 5.73 Å². The number of hydrogen-bond donors (Lipinski definition) is 2. The first-order valence-electron chi connectivity index (χ1n) is 5.57. The smallest absolute Gasteiger partial charge is 0.118 e. The fourth-order valence-corrected chi connectivity index (χ4v) is 2.49. The van der Waals surface area contributed by atoms with E-state index in [2.05, 4.69) is 9.97 Å². The van der Waals surface area contributed by atoms with E-state index in [1.165, 1.54) is 6.33 Å². The summed E-state index contributed by atoms with van der Waals surface area (Å²) in [5.41, 5.74) is 8.28. The molecule has 1 unspecified atom stereocenters. The van der Waals surface area contributed by atoms with E-state index in [1.54, 1.807) is 12.4 Å². The van der Waals surface area contributed by atoms with Crippen LogP contribution in [0.4, 0.5) is 5.69 Å². The zero-order chi connectivity index (χ0) is 11.9. The molecule has 17 heavy (non-hydrogen) atoms. The zero-order valence-corrected chi connectivity index (χ0v) is 9.30. The maximum Gasteiger partial charge on any atom is 0.118 e. The molecule has 1 aliphatic rings. The van der Waals surface area contributed by atoms with Crippen LogP contribution in [0, 0.1) is 0 Å². The molecule has 86 valence electrons. The van der Waals surface area contributed by atoms with Crippen LogP contribution in [0.15, 0.2) is 36.9 Å². The van der Waals surface area contributed by atoms with Crippen LogP contribution in [0.3, 0.4) is 0 Å². The highest BCUT2D eigenvalue weighted by molar-refractivity contribution is 5.51. The minimum Gasteiger partial charge on any atom is -0.399 e. The lowest BCUT2D eigenvalue weighted by Gasteiger charge is -2.23. The van der Waals surface area contributed by atoms with Crippen molar-refractivity contribution in [3.05, 3.63) is 53.6 Å². The Kier molecular flexibility index (Phi) is 2.12. The molecular weight excluding hydrogens is 214 g/mol. The number of aliphatic hydroxyl groups is 1. The molecule has 0 saturated carbocycles. The van der Waals surface area contributed by atoms with E-state index in [0.717, 1.165) is 28.8 Å². The number of fused-ring (bicyclic) bond motifs is 1. The van der Waals surface area contributed by atoms with Gasteiger partial charge in [0.25, 0.3) is 0 Å². The first-order valence-corrected chi connectivity index (χ1v) is 5.57. The molecule has 1 heterocycles. The van der Waals surface area contributed by atoms with Gasteiger partial charge in [0.05, 0.1) is 0 Å². The van der Waals surface area contributed by atoms with Gasteiger partial charge in [-0.05, 0) is 36.1 Å². The predicted molar refractivity (Wildman–Crippen MR) is 64.2 cm³/mol. The number of nitrogen functional groups attached to an aromatic ring is 1. The second kappa shape index (κ2) is 3.53. The van der Waals surface area contributed by atoms with E-state index >= 15 is 0 Å². The van der Waals surface area contributed by atoms with Gasteiger partial charge >= 0.3 is 0 Å². The largest absolute Gasteiger partial charge is 0.399 e. The number of nitrogens with two attached hydrogens (primary N) is 1. The van der Waals surface area contributed by atoms with E-state index in [1.807, 2.05) is 18.2 Å². The summed E-state index contributed by atoms with van der Waals surface area (Å²) in [5, 5.41) is 10.8. The molecule has 1 atom stereocenters. The van der Waals surface area contributed by atoms with E-state index in [9.17, 15) is 5.11 Å². The van der Waals surface area contributed by atoms with Crippen LogP contribution in [0.25, 0.3) is 0 Å². The minimum absolute atomic E-state index is 0.652. The summed E-state index contributed by atoms with van der Waals surface area (Å²) in [6.07, 6.45) is 6.27. The molecule has 0 bridgehead atoms. The highest BCUT2D eigenvalue weighted by Crippen LogP contribution is 2.41. The minimum atomic E-state index is -0.968. The number of aryl methyl sites for hydroxylation is 1. The Bertz CT molecular complexity index is 556. The van der Waals surface area contributed by atoms with Gasteiger partial charge in [0.15, 0.2) is 0 Å². The second-order valence-corrected chi connectivity index (χ2v) is 4.40. The van der Waals surface area contributed by atoms with E-state index < -0.39 is 5.60 Å². The Morgan fingerprint density at radius 1 is 1.24 bits per heavy atom. The Hall–Kier alpha value is -1.94. The van der Waals surface area contributed by atoms with Crippen LogP contribution in [-0.4, -0.2) is 15.1 Å². The van der Waals surface area contributed by atoms with Crippen molar-refractivity contribution in [2.24, 2.45) is 0 Å². The molecule has 4 nitrogen and oxygen atoms in total. The lowest BCUT2D eigenvalue weighted by Crippen LogP contribution is -2.24. The number of nitrogens with zero attached hydrogens (tertiary/aromatic N) is 2. The SMILES string of the molecule is Nc1ccc2c(c1)CCC2(O)c1cncnc1. The highest BCUT2D eigenvalue weighted by atomic mass is 16.3. The van der Waals surface area contributed by atoms with Gasteiger partial charge in [-0.25, -0.2) is 9.97 Å². The lowest BCUT2D eigenvalue weighted by molar-refractivity contribution is 0.0822. The fourth-order valence-electron chi connectivity index (χ4n) is 2.49. The summed E-state index contributed by atoms with van der Waals surface area (Å²) < 4.78 is 0. The van der Waals surface area contributed by atoms with E-state index in [-0.39, 0.29) is 0 Å². The molecule has 2 aromatic rings. The van der Waals surface area contributed by atoms with Gasteiger partial charge in [-0.1, -0.05) is 6.07 Å². The molecule has 0 amide bonds. The maximum atomic E-state index is 10.8. The first-order chi connectivity index (χ1) is 8.20. The molecule has 0 saturated heterocycles. The summed E-state index contributed by atoms with van der Waals surface area (Å²) in [7, 11) is 0. The number of benzene rings is 1. The normalized spacial score (nSPS) is 22.4. The lowest BCUT2D eigenvalue weighted by atomic mass is 9.90. The fraction of sp³-hybridized carbons (Fsp3) is 0.231. The zero-order valence-electron chi connectivity index (χ0n) is 9.30. The quantitative estimate of drug-likeness (QED) is 0.719. The molecule has 3 N–H and O–H groups in total. The van der Waals surface area contributed by atoms with Crippen LogP contribution in [0.1, 0.15) is 23.1 Å². The Morgan fingerprint density at radius 3 is 2.76 bits per heavy atom. The Morgan fingerprint density at radius 2 is 2.00 bits per heavy atom. The number of rotatable bonds is 1. The Labute approximate surface area is 99.2 Å². The molecule has 0 aliphatic heterocycles. The molecule has 0 spiro atoms. The average Bonchev–Trinajstić information content (AvgIpc) is 2.69. The third kappa shape index (κ3) is 1.49. The van der Waals surface area contributed by atoms with E-state index in [0.29, 0.717) is 6.42 Å². The number of aromatic nitrogens is 2. The van der Waals surface area contributed by atoms with Gasteiger partial charge in [0, 0.05) is 23.6 Å². The van der Waals surface area contributed by atoms with Crippen LogP contribution < -0.4 is 5.73 Å². The van der Waals surface area contributed by atoms with Crippen molar-refractivity contribution in [3.63, 3.8) is 0 Å². The van der Waals surface area contributed by atoms with Gasteiger partial charge < -0.3 is 10.8 Å². The van der Waals surface area contributed by atoms with Crippen molar-refractivity contribution >= 4 is 5.69 Å². The number of anilines is 1. The van der Waals surface area contributed by atoms with Crippen molar-refractivity contribution in [1.29, 1.82) is 0 Å². The monoisotopic (exact) mass is 227 g/mol. The van der Waals surface area contributed by atoms with Crippen LogP contribution >= 0.6 is 0 Å². The van der Waals surface area contributed by atoms with Gasteiger partial charge in [0.1, 0.15) is 11.9 Å². The standard InChI is InChI=1S/C13H13N3O/c14-11-1-2-12-9(5-11)3-4-13(12,17)10-6-15-8-16-7-10/h1-2,5-8,17H,3-4,14H2. The highest BCUT2D eigenvalue weighted by Gasteiger charge is 2.38. The van der Waals surface area contributed by atoms with Crippen LogP contribution in [0.5, 0.6) is 0 Å². The van der Waals surface area contributed by atoms with Crippen LogP contribution in [0.2, 0.25) is 0 Å². The van der Waals surface area contributed by atoms with Crippen molar-refractivity contribution in [2.75, 3.05) is 5.73 Å². The summed E-state index contributed by atoms with van der Waals surface area (Å²) in [4.78, 5) is 7.94. The molecule has 1 aromatic heterocycles. The van der Waals surface area contributed by atoms with Gasteiger partial charge in [-0.2, -0.15) is 0 Å². The maximum absolute atomic E-state index is 10.8. The number of hydrogen-bond acceptors (Lipinski definition) is 4. The second-order valence-electron chi connectivity index (χ2n) is 4.40. The summed E-state index contributed by atoms with van der Waals surface area (Å²) in [6.45, 7) is 0. The summed E-state index contributed by atoms with van der Waals surface area (Å²) in [6, 6.07) is 5.64.